The second-order valence-corrected chi connectivity index (χ2v) is 8.32. The Labute approximate surface area is 190 Å². The summed E-state index contributed by atoms with van der Waals surface area (Å²) in [6, 6.07) is 8.42. The number of carbonyl (C=O) groups excluding carboxylic acids is 1. The van der Waals surface area contributed by atoms with E-state index in [-0.39, 0.29) is 11.8 Å². The summed E-state index contributed by atoms with van der Waals surface area (Å²) in [7, 11) is 0. The largest absolute Gasteiger partial charge is 0.378 e. The number of morpholine rings is 1. The van der Waals surface area contributed by atoms with Crippen LogP contribution in [-0.2, 0) is 9.53 Å². The Balaban J connectivity index is 1.30. The highest BCUT2D eigenvalue weighted by molar-refractivity contribution is 5.98. The zero-order valence-electron chi connectivity index (χ0n) is 18.0. The second kappa shape index (κ2) is 8.18. The first-order chi connectivity index (χ1) is 16.3. The van der Waals surface area contributed by atoms with Crippen molar-refractivity contribution in [3.05, 3.63) is 78.8 Å². The van der Waals surface area contributed by atoms with E-state index in [1.165, 1.54) is 0 Å². The lowest BCUT2D eigenvalue weighted by atomic mass is 10.0. The number of ether oxygens (including phenoxy) is 1. The van der Waals surface area contributed by atoms with Gasteiger partial charge in [0.2, 0.25) is 5.91 Å². The van der Waals surface area contributed by atoms with Gasteiger partial charge in [-0.1, -0.05) is 42.5 Å². The van der Waals surface area contributed by atoms with Gasteiger partial charge in [-0.05, 0) is 23.3 Å². The predicted octanol–water partition coefficient (Wildman–Crippen LogP) is 4.09. The molecular formula is C26H23N5O2. The maximum atomic E-state index is 12.9. The molecule has 0 saturated carbocycles. The van der Waals surface area contributed by atoms with Crippen molar-refractivity contribution in [2.45, 2.75) is 0 Å². The molecule has 1 fully saturated rings. The van der Waals surface area contributed by atoms with Gasteiger partial charge >= 0.3 is 0 Å². The molecule has 0 bridgehead atoms. The Kier molecular flexibility index (Phi) is 4.88. The van der Waals surface area contributed by atoms with Crippen LogP contribution in [0, 0.1) is 5.92 Å². The Morgan fingerprint density at radius 1 is 1.09 bits per heavy atom. The smallest absolute Gasteiger partial charge is 0.233 e. The number of aromatic amines is 2. The van der Waals surface area contributed by atoms with Gasteiger partial charge in [0.1, 0.15) is 5.65 Å². The van der Waals surface area contributed by atoms with Crippen LogP contribution in [0.3, 0.4) is 0 Å². The van der Waals surface area contributed by atoms with Crippen molar-refractivity contribution in [1.82, 2.24) is 25.1 Å². The Hall–Kier alpha value is -3.97. The monoisotopic (exact) mass is 437 g/mol. The number of rotatable bonds is 3. The summed E-state index contributed by atoms with van der Waals surface area (Å²) in [5.41, 5.74) is 6.05. The third-order valence-corrected chi connectivity index (χ3v) is 6.30. The highest BCUT2D eigenvalue weighted by Gasteiger charge is 2.22. The van der Waals surface area contributed by atoms with Crippen LogP contribution in [0.2, 0.25) is 0 Å². The van der Waals surface area contributed by atoms with Crippen LogP contribution in [0.5, 0.6) is 0 Å². The van der Waals surface area contributed by atoms with Crippen molar-refractivity contribution in [2.24, 2.45) is 5.92 Å². The molecule has 2 N–H and O–H groups in total. The fraction of sp³-hybridized carbons (Fsp3) is 0.192. The minimum atomic E-state index is -0.266. The standard InChI is InChI=1S/C26H23N5O2/c32-26(31-8-10-33-11-9-31)18-3-1-2-17(4-5-18)21-12-22-23(16-28-25(22)27-14-21)19-6-7-20-15-29-30-24(20)13-19/h1-7,12-16,18H,8-11H2,(H,27,28)(H,29,30). The number of nitrogens with one attached hydrogen (secondary N) is 2. The summed E-state index contributed by atoms with van der Waals surface area (Å²) >= 11 is 0. The molecule has 3 aromatic heterocycles. The lowest BCUT2D eigenvalue weighted by Crippen LogP contribution is -2.43. The molecule has 1 atom stereocenters. The van der Waals surface area contributed by atoms with Crippen LogP contribution in [0.4, 0.5) is 0 Å². The van der Waals surface area contributed by atoms with E-state index in [4.69, 9.17) is 4.74 Å². The summed E-state index contributed by atoms with van der Waals surface area (Å²) in [5, 5.41) is 9.29. The molecule has 2 aliphatic rings. The van der Waals surface area contributed by atoms with Crippen molar-refractivity contribution < 1.29 is 9.53 Å². The van der Waals surface area contributed by atoms with Crippen molar-refractivity contribution in [2.75, 3.05) is 26.3 Å². The molecule has 1 unspecified atom stereocenters. The average Bonchev–Trinajstić information content (AvgIpc) is 3.43. The van der Waals surface area contributed by atoms with Crippen LogP contribution in [0.15, 0.2) is 73.2 Å². The van der Waals surface area contributed by atoms with Crippen LogP contribution in [0.1, 0.15) is 5.56 Å². The Morgan fingerprint density at radius 3 is 2.91 bits per heavy atom. The van der Waals surface area contributed by atoms with Gasteiger partial charge < -0.3 is 14.6 Å². The quantitative estimate of drug-likeness (QED) is 0.505. The van der Waals surface area contributed by atoms with Gasteiger partial charge in [0, 0.05) is 47.4 Å². The van der Waals surface area contributed by atoms with Gasteiger partial charge in [0.05, 0.1) is 30.8 Å². The molecule has 1 aliphatic carbocycles. The number of carbonyl (C=O) groups is 1. The molecule has 7 heteroatoms. The molecule has 1 saturated heterocycles. The molecule has 33 heavy (non-hydrogen) atoms. The molecular weight excluding hydrogens is 414 g/mol. The average molecular weight is 438 g/mol. The molecule has 4 aromatic rings. The normalized spacial score (nSPS) is 18.6. The SMILES string of the molecule is O=C(C1C=CC=C(c2cnc3[nH]cc(-c4ccc5cn[nH]c5c4)c3c2)C=C1)N1CCOCC1. The van der Waals surface area contributed by atoms with Crippen molar-refractivity contribution >= 4 is 33.4 Å². The minimum Gasteiger partial charge on any atom is -0.378 e. The number of hydrogen-bond donors (Lipinski definition) is 2. The highest BCUT2D eigenvalue weighted by Crippen LogP contribution is 2.32. The van der Waals surface area contributed by atoms with E-state index in [1.54, 1.807) is 0 Å². The molecule has 0 radical (unpaired) electrons. The van der Waals surface area contributed by atoms with Gasteiger partial charge in [0.25, 0.3) is 0 Å². The lowest BCUT2D eigenvalue weighted by Gasteiger charge is -2.28. The first-order valence-electron chi connectivity index (χ1n) is 11.1. The number of amides is 1. The van der Waals surface area contributed by atoms with Gasteiger partial charge in [0.15, 0.2) is 0 Å². The molecule has 4 heterocycles. The third-order valence-electron chi connectivity index (χ3n) is 6.30. The number of benzene rings is 1. The van der Waals surface area contributed by atoms with E-state index in [1.807, 2.05) is 53.9 Å². The first-order valence-corrected chi connectivity index (χ1v) is 11.1. The molecule has 164 valence electrons. The van der Waals surface area contributed by atoms with E-state index in [9.17, 15) is 4.79 Å². The van der Waals surface area contributed by atoms with Gasteiger partial charge in [-0.25, -0.2) is 4.98 Å². The zero-order chi connectivity index (χ0) is 22.2. The fourth-order valence-electron chi connectivity index (χ4n) is 4.46. The second-order valence-electron chi connectivity index (χ2n) is 8.32. The van der Waals surface area contributed by atoms with Crippen LogP contribution in [0.25, 0.3) is 38.6 Å². The number of nitrogens with zero attached hydrogens (tertiary/aromatic N) is 3. The van der Waals surface area contributed by atoms with Crippen molar-refractivity contribution in [3.8, 4) is 11.1 Å². The maximum absolute atomic E-state index is 12.9. The number of pyridine rings is 1. The lowest BCUT2D eigenvalue weighted by molar-refractivity contribution is -0.136. The van der Waals surface area contributed by atoms with Crippen LogP contribution >= 0.6 is 0 Å². The number of aromatic nitrogens is 4. The molecule has 1 aliphatic heterocycles. The van der Waals surface area contributed by atoms with E-state index in [0.717, 1.165) is 44.2 Å². The first kappa shape index (κ1) is 19.7. The van der Waals surface area contributed by atoms with Gasteiger partial charge in [-0.3, -0.25) is 9.89 Å². The summed E-state index contributed by atoms with van der Waals surface area (Å²) < 4.78 is 5.37. The zero-order valence-corrected chi connectivity index (χ0v) is 18.0. The van der Waals surface area contributed by atoms with Crippen molar-refractivity contribution in [1.29, 1.82) is 0 Å². The maximum Gasteiger partial charge on any atom is 0.233 e. The van der Waals surface area contributed by atoms with Gasteiger partial charge in [-0.2, -0.15) is 5.10 Å². The van der Waals surface area contributed by atoms with Crippen LogP contribution < -0.4 is 0 Å². The highest BCUT2D eigenvalue weighted by atomic mass is 16.5. The molecule has 6 rings (SSSR count). The van der Waals surface area contributed by atoms with E-state index in [0.29, 0.717) is 26.3 Å². The van der Waals surface area contributed by atoms with E-state index >= 15 is 0 Å². The topological polar surface area (TPSA) is 86.9 Å². The Bertz CT molecular complexity index is 1440. The summed E-state index contributed by atoms with van der Waals surface area (Å²) in [6.07, 6.45) is 15.6. The van der Waals surface area contributed by atoms with Crippen molar-refractivity contribution in [3.63, 3.8) is 0 Å². The summed E-state index contributed by atoms with van der Waals surface area (Å²) in [5.74, 6) is -0.145. The molecule has 1 aromatic carbocycles. The number of fused-ring (bicyclic) bond motifs is 2. The Morgan fingerprint density at radius 2 is 2.00 bits per heavy atom. The number of H-pyrrole nitrogens is 2. The fourth-order valence-corrected chi connectivity index (χ4v) is 4.46. The van der Waals surface area contributed by atoms with Gasteiger partial charge in [-0.15, -0.1) is 0 Å². The van der Waals surface area contributed by atoms with E-state index in [2.05, 4.69) is 44.4 Å². The van der Waals surface area contributed by atoms with Crippen LogP contribution in [-0.4, -0.2) is 57.3 Å². The minimum absolute atomic E-state index is 0.121. The number of allylic oxidation sites excluding steroid dienone is 4. The van der Waals surface area contributed by atoms with E-state index < -0.39 is 0 Å². The summed E-state index contributed by atoms with van der Waals surface area (Å²) in [6.45, 7) is 2.51. The number of hydrogen-bond acceptors (Lipinski definition) is 4. The molecule has 1 amide bonds. The molecule has 0 spiro atoms. The predicted molar refractivity (Wildman–Crippen MR) is 128 cm³/mol. The summed E-state index contributed by atoms with van der Waals surface area (Å²) in [4.78, 5) is 22.7. The molecule has 7 nitrogen and oxygen atoms in total. The third kappa shape index (κ3) is 3.66.